The first-order valence-corrected chi connectivity index (χ1v) is 5.60. The van der Waals surface area contributed by atoms with E-state index in [1.807, 2.05) is 0 Å². The maximum absolute atomic E-state index is 11.8. The van der Waals surface area contributed by atoms with Crippen LogP contribution in [-0.2, 0) is 4.79 Å². The highest BCUT2D eigenvalue weighted by Crippen LogP contribution is 2.14. The Labute approximate surface area is 109 Å². The first kappa shape index (κ1) is 12.7. The third-order valence-corrected chi connectivity index (χ3v) is 2.26. The summed E-state index contributed by atoms with van der Waals surface area (Å²) in [7, 11) is 0. The smallest absolute Gasteiger partial charge is 0.275 e. The van der Waals surface area contributed by atoms with Gasteiger partial charge in [-0.05, 0) is 24.3 Å². The number of nitrogens with zero attached hydrogens (tertiary/aromatic N) is 2. The van der Waals surface area contributed by atoms with E-state index in [0.29, 0.717) is 11.4 Å². The van der Waals surface area contributed by atoms with Crippen LogP contribution in [0.3, 0.4) is 0 Å². The number of carbonyl (C=O) groups excluding carboxylic acids is 2. The van der Waals surface area contributed by atoms with Crippen LogP contribution in [-0.4, -0.2) is 21.8 Å². The number of hydrogen-bond acceptors (Lipinski definition) is 4. The van der Waals surface area contributed by atoms with Crippen LogP contribution in [0.2, 0.25) is 0 Å². The molecular formula is C13H12N4O2. The van der Waals surface area contributed by atoms with Crippen molar-refractivity contribution in [2.75, 3.05) is 10.6 Å². The molecule has 19 heavy (non-hydrogen) atoms. The van der Waals surface area contributed by atoms with Gasteiger partial charge in [-0.25, -0.2) is 4.98 Å². The molecule has 2 aromatic rings. The third-order valence-electron chi connectivity index (χ3n) is 2.26. The summed E-state index contributed by atoms with van der Waals surface area (Å²) in [4.78, 5) is 30.4. The Balaban J connectivity index is 2.04. The molecule has 0 aliphatic heterocycles. The van der Waals surface area contributed by atoms with Crippen molar-refractivity contribution in [3.8, 4) is 0 Å². The molecule has 0 fully saturated rings. The van der Waals surface area contributed by atoms with E-state index in [1.54, 1.807) is 24.3 Å². The lowest BCUT2D eigenvalue weighted by atomic mass is 10.2. The molecule has 0 saturated carbocycles. The van der Waals surface area contributed by atoms with Crippen LogP contribution in [0.1, 0.15) is 17.4 Å². The van der Waals surface area contributed by atoms with Crippen LogP contribution < -0.4 is 10.6 Å². The summed E-state index contributed by atoms with van der Waals surface area (Å²) in [6.07, 6.45) is 4.34. The maximum Gasteiger partial charge on any atom is 0.275 e. The monoisotopic (exact) mass is 256 g/mol. The molecule has 0 spiro atoms. The fraction of sp³-hybridized carbons (Fsp3) is 0.0769. The third kappa shape index (κ3) is 3.60. The molecule has 0 aliphatic carbocycles. The first-order valence-electron chi connectivity index (χ1n) is 5.60. The zero-order valence-electron chi connectivity index (χ0n) is 10.3. The molecule has 1 aromatic heterocycles. The van der Waals surface area contributed by atoms with Crippen LogP contribution in [0.15, 0.2) is 42.9 Å². The Hall–Kier alpha value is -2.76. The fourth-order valence-corrected chi connectivity index (χ4v) is 1.45. The standard InChI is InChI=1S/C13H12N4O2/c1-9(18)16-10-2-4-11(5-3-10)17-13(19)12-8-14-6-7-15-12/h2-8H,1H3,(H,16,18)(H,17,19). The van der Waals surface area contributed by atoms with E-state index in [0.717, 1.165) is 0 Å². The predicted octanol–water partition coefficient (Wildman–Crippen LogP) is 1.69. The van der Waals surface area contributed by atoms with Gasteiger partial charge in [-0.15, -0.1) is 0 Å². The molecule has 1 aromatic carbocycles. The number of aromatic nitrogens is 2. The van der Waals surface area contributed by atoms with Gasteiger partial charge in [0.1, 0.15) is 5.69 Å². The number of anilines is 2. The van der Waals surface area contributed by atoms with E-state index in [-0.39, 0.29) is 17.5 Å². The molecule has 6 heteroatoms. The fourth-order valence-electron chi connectivity index (χ4n) is 1.45. The number of hydrogen-bond donors (Lipinski definition) is 2. The van der Waals surface area contributed by atoms with Crippen molar-refractivity contribution in [3.05, 3.63) is 48.5 Å². The number of nitrogens with one attached hydrogen (secondary N) is 2. The summed E-state index contributed by atoms with van der Waals surface area (Å²) >= 11 is 0. The van der Waals surface area contributed by atoms with Gasteiger partial charge in [-0.3, -0.25) is 14.6 Å². The van der Waals surface area contributed by atoms with Crippen molar-refractivity contribution >= 4 is 23.2 Å². The van der Waals surface area contributed by atoms with E-state index in [9.17, 15) is 9.59 Å². The molecule has 0 aliphatic rings. The van der Waals surface area contributed by atoms with Crippen molar-refractivity contribution in [2.45, 2.75) is 6.92 Å². The molecule has 2 rings (SSSR count). The van der Waals surface area contributed by atoms with Gasteiger partial charge < -0.3 is 10.6 Å². The summed E-state index contributed by atoms with van der Waals surface area (Å²) < 4.78 is 0. The van der Waals surface area contributed by atoms with Gasteiger partial charge in [0, 0.05) is 30.7 Å². The van der Waals surface area contributed by atoms with Crippen molar-refractivity contribution in [3.63, 3.8) is 0 Å². The van der Waals surface area contributed by atoms with Gasteiger partial charge in [0.25, 0.3) is 5.91 Å². The molecule has 0 radical (unpaired) electrons. The summed E-state index contributed by atoms with van der Waals surface area (Å²) in [6.45, 7) is 1.43. The summed E-state index contributed by atoms with van der Waals surface area (Å²) in [5.74, 6) is -0.475. The highest BCUT2D eigenvalue weighted by atomic mass is 16.2. The zero-order chi connectivity index (χ0) is 13.7. The first-order chi connectivity index (χ1) is 9.15. The zero-order valence-corrected chi connectivity index (χ0v) is 10.3. The van der Waals surface area contributed by atoms with E-state index >= 15 is 0 Å². The van der Waals surface area contributed by atoms with E-state index in [1.165, 1.54) is 25.5 Å². The molecule has 1 heterocycles. The Kier molecular flexibility index (Phi) is 3.82. The van der Waals surface area contributed by atoms with Crippen LogP contribution in [0.4, 0.5) is 11.4 Å². The van der Waals surface area contributed by atoms with E-state index in [2.05, 4.69) is 20.6 Å². The highest BCUT2D eigenvalue weighted by molar-refractivity contribution is 6.02. The summed E-state index contributed by atoms with van der Waals surface area (Å²) in [5, 5.41) is 5.33. The lowest BCUT2D eigenvalue weighted by Crippen LogP contribution is -2.13. The van der Waals surface area contributed by atoms with Crippen LogP contribution in [0.25, 0.3) is 0 Å². The average molecular weight is 256 g/mol. The SMILES string of the molecule is CC(=O)Nc1ccc(NC(=O)c2cnccn2)cc1. The highest BCUT2D eigenvalue weighted by Gasteiger charge is 2.07. The van der Waals surface area contributed by atoms with Gasteiger partial charge in [0.15, 0.2) is 0 Å². The van der Waals surface area contributed by atoms with E-state index in [4.69, 9.17) is 0 Å². The minimum Gasteiger partial charge on any atom is -0.326 e. The Bertz CT molecular complexity index is 581. The second kappa shape index (κ2) is 5.72. The quantitative estimate of drug-likeness (QED) is 0.875. The minimum absolute atomic E-state index is 0.142. The molecule has 0 atom stereocenters. The minimum atomic E-state index is -0.333. The number of carbonyl (C=O) groups is 2. The summed E-state index contributed by atoms with van der Waals surface area (Å²) in [5.41, 5.74) is 1.53. The van der Waals surface area contributed by atoms with Crippen molar-refractivity contribution < 1.29 is 9.59 Å². The second-order valence-corrected chi connectivity index (χ2v) is 3.80. The Morgan fingerprint density at radius 1 is 1.00 bits per heavy atom. The second-order valence-electron chi connectivity index (χ2n) is 3.80. The molecule has 2 N–H and O–H groups in total. The van der Waals surface area contributed by atoms with Crippen LogP contribution in [0, 0.1) is 0 Å². The molecule has 0 unspecified atom stereocenters. The van der Waals surface area contributed by atoms with Crippen molar-refractivity contribution in [2.24, 2.45) is 0 Å². The summed E-state index contributed by atoms with van der Waals surface area (Å²) in [6, 6.07) is 6.79. The lowest BCUT2D eigenvalue weighted by molar-refractivity contribution is -0.114. The van der Waals surface area contributed by atoms with Gasteiger partial charge in [-0.1, -0.05) is 0 Å². The average Bonchev–Trinajstić information content (AvgIpc) is 2.41. The number of benzene rings is 1. The Morgan fingerprint density at radius 2 is 1.63 bits per heavy atom. The molecule has 2 amide bonds. The predicted molar refractivity (Wildman–Crippen MR) is 70.7 cm³/mol. The lowest BCUT2D eigenvalue weighted by Gasteiger charge is -2.06. The Morgan fingerprint density at radius 3 is 2.16 bits per heavy atom. The van der Waals surface area contributed by atoms with Gasteiger partial charge >= 0.3 is 0 Å². The normalized spacial score (nSPS) is 9.74. The molecule has 0 saturated heterocycles. The molecule has 6 nitrogen and oxygen atoms in total. The molecular weight excluding hydrogens is 244 g/mol. The topological polar surface area (TPSA) is 84.0 Å². The van der Waals surface area contributed by atoms with Crippen molar-refractivity contribution in [1.29, 1.82) is 0 Å². The van der Waals surface area contributed by atoms with E-state index < -0.39 is 0 Å². The molecule has 0 bridgehead atoms. The molecule has 96 valence electrons. The van der Waals surface area contributed by atoms with Crippen LogP contribution in [0.5, 0.6) is 0 Å². The van der Waals surface area contributed by atoms with Crippen LogP contribution >= 0.6 is 0 Å². The van der Waals surface area contributed by atoms with Crippen molar-refractivity contribution in [1.82, 2.24) is 9.97 Å². The van der Waals surface area contributed by atoms with Gasteiger partial charge in [0.2, 0.25) is 5.91 Å². The van der Waals surface area contributed by atoms with Gasteiger partial charge in [-0.2, -0.15) is 0 Å². The largest absolute Gasteiger partial charge is 0.326 e. The number of rotatable bonds is 3. The van der Waals surface area contributed by atoms with Gasteiger partial charge in [0.05, 0.1) is 6.20 Å². The maximum atomic E-state index is 11.8. The number of amides is 2.